The molecule has 3 rings (SSSR count). The predicted octanol–water partition coefficient (Wildman–Crippen LogP) is 8.88. The SMILES string of the molecule is CC(C)(C)OC(=O)N(Cc1ccc(C(C=C(c2cc(Cl)cc(Cl)c2)C(F)(F)F)N=O)cc1Br)C(=O)C1CC1. The van der Waals surface area contributed by atoms with Crippen LogP contribution in [0.3, 0.4) is 0 Å². The lowest BCUT2D eigenvalue weighted by Gasteiger charge is -2.26. The molecular formula is C26H24BrCl2F3N2O4. The van der Waals surface area contributed by atoms with E-state index in [4.69, 9.17) is 27.9 Å². The van der Waals surface area contributed by atoms with E-state index < -0.39 is 29.5 Å². The van der Waals surface area contributed by atoms with Crippen molar-refractivity contribution in [3.05, 3.63) is 78.6 Å². The number of allylic oxidation sites excluding steroid dienone is 1. The number of rotatable bonds is 7. The number of carbonyl (C=O) groups excluding carboxylic acids is 2. The number of hydrogen-bond donors (Lipinski definition) is 0. The maximum atomic E-state index is 13.9. The monoisotopic (exact) mass is 634 g/mol. The smallest absolute Gasteiger partial charge is 0.417 e. The van der Waals surface area contributed by atoms with E-state index in [2.05, 4.69) is 21.1 Å². The number of ether oxygens (including phenoxy) is 1. The van der Waals surface area contributed by atoms with Gasteiger partial charge in [-0.25, -0.2) is 9.69 Å². The van der Waals surface area contributed by atoms with E-state index in [0.29, 0.717) is 29.0 Å². The van der Waals surface area contributed by atoms with Crippen LogP contribution in [0.2, 0.25) is 10.0 Å². The Morgan fingerprint density at radius 3 is 2.21 bits per heavy atom. The summed E-state index contributed by atoms with van der Waals surface area (Å²) in [6.45, 7) is 4.92. The third-order valence-electron chi connectivity index (χ3n) is 5.47. The normalized spacial score (nSPS) is 15.1. The Kier molecular flexibility index (Phi) is 9.32. The highest BCUT2D eigenvalue weighted by Crippen LogP contribution is 2.39. The van der Waals surface area contributed by atoms with Gasteiger partial charge in [0, 0.05) is 20.4 Å². The van der Waals surface area contributed by atoms with Gasteiger partial charge in [0.25, 0.3) is 0 Å². The molecular weight excluding hydrogens is 612 g/mol. The van der Waals surface area contributed by atoms with Gasteiger partial charge < -0.3 is 4.74 Å². The Bertz CT molecular complexity index is 1250. The van der Waals surface area contributed by atoms with Crippen LogP contribution in [0, 0.1) is 10.8 Å². The summed E-state index contributed by atoms with van der Waals surface area (Å²) >= 11 is 15.1. The second-order valence-corrected chi connectivity index (χ2v) is 11.5. The molecule has 0 aliphatic heterocycles. The Morgan fingerprint density at radius 2 is 1.74 bits per heavy atom. The van der Waals surface area contributed by atoms with E-state index >= 15 is 0 Å². The maximum Gasteiger partial charge on any atom is 0.417 e. The molecule has 1 unspecified atom stereocenters. The van der Waals surface area contributed by atoms with E-state index in [0.717, 1.165) is 17.0 Å². The zero-order chi connectivity index (χ0) is 28.4. The summed E-state index contributed by atoms with van der Waals surface area (Å²) in [6, 6.07) is 6.31. The number of halogens is 6. The molecule has 2 aromatic carbocycles. The summed E-state index contributed by atoms with van der Waals surface area (Å²) < 4.78 is 47.5. The Labute approximate surface area is 236 Å². The molecule has 6 nitrogen and oxygen atoms in total. The van der Waals surface area contributed by atoms with Crippen LogP contribution in [-0.2, 0) is 16.1 Å². The first-order valence-corrected chi connectivity index (χ1v) is 13.0. The first-order chi connectivity index (χ1) is 17.6. The molecule has 0 aromatic heterocycles. The number of benzene rings is 2. The Morgan fingerprint density at radius 1 is 1.13 bits per heavy atom. The minimum absolute atomic E-state index is 0.000598. The van der Waals surface area contributed by atoms with Crippen LogP contribution >= 0.6 is 39.1 Å². The number of nitroso groups, excluding NO2 is 1. The number of imide groups is 1. The predicted molar refractivity (Wildman–Crippen MR) is 143 cm³/mol. The van der Waals surface area contributed by atoms with Gasteiger partial charge in [-0.05, 0) is 80.6 Å². The number of amides is 2. The molecule has 204 valence electrons. The molecule has 0 bridgehead atoms. The summed E-state index contributed by atoms with van der Waals surface area (Å²) in [5.41, 5.74) is -1.62. The zero-order valence-electron chi connectivity index (χ0n) is 20.6. The highest BCUT2D eigenvalue weighted by Gasteiger charge is 2.38. The van der Waals surface area contributed by atoms with Gasteiger partial charge in [0.1, 0.15) is 11.6 Å². The molecule has 0 saturated heterocycles. The van der Waals surface area contributed by atoms with Crippen molar-refractivity contribution in [1.82, 2.24) is 4.90 Å². The Balaban J connectivity index is 1.94. The average Bonchev–Trinajstić information content (AvgIpc) is 3.61. The largest absolute Gasteiger partial charge is 0.443 e. The van der Waals surface area contributed by atoms with Gasteiger partial charge in [0.05, 0.1) is 12.1 Å². The molecule has 38 heavy (non-hydrogen) atoms. The molecule has 0 heterocycles. The number of nitrogens with zero attached hydrogens (tertiary/aromatic N) is 2. The molecule has 0 N–H and O–H groups in total. The van der Waals surface area contributed by atoms with Crippen LogP contribution in [0.4, 0.5) is 18.0 Å². The lowest BCUT2D eigenvalue weighted by Crippen LogP contribution is -2.41. The van der Waals surface area contributed by atoms with Gasteiger partial charge in [0.15, 0.2) is 0 Å². The number of carbonyl (C=O) groups is 2. The molecule has 2 amide bonds. The van der Waals surface area contributed by atoms with Crippen molar-refractivity contribution in [2.24, 2.45) is 11.1 Å². The fraction of sp³-hybridized carbons (Fsp3) is 0.385. The fourth-order valence-corrected chi connectivity index (χ4v) is 4.60. The molecule has 1 aliphatic rings. The van der Waals surface area contributed by atoms with Gasteiger partial charge in [-0.1, -0.05) is 56.4 Å². The van der Waals surface area contributed by atoms with Crippen LogP contribution in [-0.4, -0.2) is 28.7 Å². The second-order valence-electron chi connectivity index (χ2n) is 9.82. The quantitative estimate of drug-likeness (QED) is 0.285. The van der Waals surface area contributed by atoms with Gasteiger partial charge in [0.2, 0.25) is 5.91 Å². The minimum atomic E-state index is -4.83. The topological polar surface area (TPSA) is 76.0 Å². The fourth-order valence-electron chi connectivity index (χ4n) is 3.56. The van der Waals surface area contributed by atoms with Gasteiger partial charge in [-0.15, -0.1) is 4.91 Å². The summed E-state index contributed by atoms with van der Waals surface area (Å²) in [5, 5.41) is 2.89. The molecule has 2 aromatic rings. The average molecular weight is 636 g/mol. The van der Waals surface area contributed by atoms with Crippen molar-refractivity contribution in [3.8, 4) is 0 Å². The van der Waals surface area contributed by atoms with E-state index in [1.165, 1.54) is 24.3 Å². The summed E-state index contributed by atoms with van der Waals surface area (Å²) in [4.78, 5) is 38.2. The summed E-state index contributed by atoms with van der Waals surface area (Å²) in [5.74, 6) is -0.615. The van der Waals surface area contributed by atoms with Gasteiger partial charge in [-0.2, -0.15) is 13.2 Å². The van der Waals surface area contributed by atoms with Crippen LogP contribution < -0.4 is 0 Å². The van der Waals surface area contributed by atoms with Crippen LogP contribution in [0.15, 0.2) is 52.1 Å². The van der Waals surface area contributed by atoms with Crippen molar-refractivity contribution in [1.29, 1.82) is 0 Å². The van der Waals surface area contributed by atoms with Crippen LogP contribution in [0.1, 0.15) is 56.3 Å². The maximum absolute atomic E-state index is 13.9. The molecule has 0 spiro atoms. The molecule has 0 radical (unpaired) electrons. The summed E-state index contributed by atoms with van der Waals surface area (Å²) in [7, 11) is 0. The Hall–Kier alpha value is -2.43. The standard InChI is InChI=1S/C26H24BrCl2F3N2O4/c1-25(2,3)38-24(36)34(23(35)14-4-5-14)13-16-7-6-15(10-21(16)27)22(33-37)12-20(26(30,31)32)17-8-18(28)11-19(29)9-17/h6-12,14,22H,4-5,13H2,1-3H3. The van der Waals surface area contributed by atoms with Crippen molar-refractivity contribution in [3.63, 3.8) is 0 Å². The van der Waals surface area contributed by atoms with E-state index in [-0.39, 0.29) is 39.5 Å². The van der Waals surface area contributed by atoms with Gasteiger partial charge in [-0.3, -0.25) is 4.79 Å². The minimum Gasteiger partial charge on any atom is -0.443 e. The molecule has 1 atom stereocenters. The zero-order valence-corrected chi connectivity index (χ0v) is 23.7. The highest BCUT2D eigenvalue weighted by atomic mass is 79.9. The molecule has 1 aliphatic carbocycles. The third kappa shape index (κ3) is 8.04. The molecule has 1 saturated carbocycles. The van der Waals surface area contributed by atoms with E-state index in [1.54, 1.807) is 20.8 Å². The first kappa shape index (κ1) is 30.1. The van der Waals surface area contributed by atoms with E-state index in [1.807, 2.05) is 0 Å². The van der Waals surface area contributed by atoms with Crippen LogP contribution in [0.5, 0.6) is 0 Å². The molecule has 12 heteroatoms. The summed E-state index contributed by atoms with van der Waals surface area (Å²) in [6.07, 6.45) is -3.57. The van der Waals surface area contributed by atoms with Crippen molar-refractivity contribution in [2.45, 2.75) is 58.0 Å². The second kappa shape index (κ2) is 11.8. The van der Waals surface area contributed by atoms with E-state index in [9.17, 15) is 27.7 Å². The lowest BCUT2D eigenvalue weighted by molar-refractivity contribution is -0.132. The van der Waals surface area contributed by atoms with Crippen molar-refractivity contribution in [2.75, 3.05) is 0 Å². The van der Waals surface area contributed by atoms with Gasteiger partial charge >= 0.3 is 12.3 Å². The highest BCUT2D eigenvalue weighted by molar-refractivity contribution is 9.10. The lowest BCUT2D eigenvalue weighted by atomic mass is 9.98. The van der Waals surface area contributed by atoms with Crippen LogP contribution in [0.25, 0.3) is 5.57 Å². The van der Waals surface area contributed by atoms with Crippen molar-refractivity contribution < 1.29 is 27.5 Å². The van der Waals surface area contributed by atoms with Crippen molar-refractivity contribution >= 4 is 56.7 Å². The number of hydrogen-bond acceptors (Lipinski definition) is 5. The molecule has 1 fully saturated rings. The third-order valence-corrected chi connectivity index (χ3v) is 6.65. The first-order valence-electron chi connectivity index (χ1n) is 11.5. The number of alkyl halides is 3.